The Hall–Kier alpha value is -6.14. The second kappa shape index (κ2) is 21.8. The Morgan fingerprint density at radius 2 is 1.60 bits per heavy atom. The van der Waals surface area contributed by atoms with E-state index in [-0.39, 0.29) is 65.8 Å². The van der Waals surface area contributed by atoms with Crippen LogP contribution in [-0.4, -0.2) is 72.4 Å². The molecule has 2 atom stereocenters. The van der Waals surface area contributed by atoms with Crippen LogP contribution in [0.1, 0.15) is 110 Å². The molecule has 0 radical (unpaired) electrons. The van der Waals surface area contributed by atoms with Crippen LogP contribution in [0, 0.1) is 43.3 Å². The number of carbonyl (C=O) groups is 4. The number of ether oxygens (including phenoxy) is 4. The van der Waals surface area contributed by atoms with E-state index in [1.165, 1.54) is 25.6 Å². The number of fused-ring (bicyclic) bond motifs is 2. The third-order valence-corrected chi connectivity index (χ3v) is 11.1. The number of nitrogens with two attached hydrogens (primary N) is 1. The highest BCUT2D eigenvalue weighted by Crippen LogP contribution is 2.45. The Morgan fingerprint density at radius 3 is 2.17 bits per heavy atom. The van der Waals surface area contributed by atoms with Crippen LogP contribution in [0.2, 0.25) is 0 Å². The zero-order valence-corrected chi connectivity index (χ0v) is 35.2. The minimum Gasteiger partial charge on any atom is -0.542 e. The number of nitrogens with zero attached hydrogens (tertiary/aromatic N) is 3. The number of halogens is 4. The molecule has 338 valence electrons. The lowest BCUT2D eigenvalue weighted by Crippen LogP contribution is -2.93. The molecule has 3 fully saturated rings. The van der Waals surface area contributed by atoms with Gasteiger partial charge >= 0.3 is 24.1 Å². The Labute approximate surface area is 361 Å². The first kappa shape index (κ1) is 47.9. The molecular formula is C45H50F4N4O10. The maximum absolute atomic E-state index is 16.3. The second-order valence-corrected chi connectivity index (χ2v) is 15.6. The quantitative estimate of drug-likeness (QED) is 0.0878. The number of esters is 3. The predicted molar refractivity (Wildman–Crippen MR) is 218 cm³/mol. The first-order valence-electron chi connectivity index (χ1n) is 20.8. The van der Waals surface area contributed by atoms with Crippen molar-refractivity contribution in [1.29, 1.82) is 0 Å². The Kier molecular flexibility index (Phi) is 16.6. The molecule has 63 heavy (non-hydrogen) atoms. The average molecular weight is 883 g/mol. The summed E-state index contributed by atoms with van der Waals surface area (Å²) >= 11 is 0. The van der Waals surface area contributed by atoms with Crippen molar-refractivity contribution < 1.29 is 66.1 Å². The molecule has 2 unspecified atom stereocenters. The maximum Gasteiger partial charge on any atom is 0.430 e. The number of quaternary nitrogens is 1. The van der Waals surface area contributed by atoms with E-state index in [4.69, 9.17) is 41.7 Å². The first-order chi connectivity index (χ1) is 30.1. The summed E-state index contributed by atoms with van der Waals surface area (Å²) in [6, 6.07) is 1.54. The third kappa shape index (κ3) is 12.3. The molecule has 1 saturated carbocycles. The van der Waals surface area contributed by atoms with Crippen molar-refractivity contribution in [2.75, 3.05) is 31.6 Å². The van der Waals surface area contributed by atoms with Crippen LogP contribution >= 0.6 is 0 Å². The summed E-state index contributed by atoms with van der Waals surface area (Å²) in [5.74, 6) is 0.198. The van der Waals surface area contributed by atoms with E-state index < -0.39 is 41.3 Å². The zero-order chi connectivity index (χ0) is 45.8. The number of anilines is 1. The predicted octanol–water partition coefficient (Wildman–Crippen LogP) is 4.34. The molecule has 2 aliphatic heterocycles. The van der Waals surface area contributed by atoms with Crippen LogP contribution in [0.3, 0.4) is 0 Å². The van der Waals surface area contributed by atoms with Crippen molar-refractivity contribution >= 4 is 40.5 Å². The number of aromatic nitrogens is 2. The van der Waals surface area contributed by atoms with Crippen LogP contribution in [0.15, 0.2) is 23.3 Å². The molecule has 0 spiro atoms. The molecule has 1 aromatic carbocycles. The van der Waals surface area contributed by atoms with Crippen LogP contribution in [-0.2, 0) is 37.1 Å². The van der Waals surface area contributed by atoms with E-state index >= 15 is 4.39 Å². The van der Waals surface area contributed by atoms with Gasteiger partial charge in [-0.15, -0.1) is 24.7 Å². The van der Waals surface area contributed by atoms with Crippen LogP contribution in [0.5, 0.6) is 11.5 Å². The van der Waals surface area contributed by atoms with E-state index in [0.717, 1.165) is 32.2 Å². The Balaban J connectivity index is 0.000000985. The number of carboxylic acid groups (broad SMARTS) is 1. The number of terminal acetylenes is 2. The number of piperidine rings is 1. The van der Waals surface area contributed by atoms with Crippen molar-refractivity contribution in [3.05, 3.63) is 56.9 Å². The first-order valence-corrected chi connectivity index (χ1v) is 20.8. The summed E-state index contributed by atoms with van der Waals surface area (Å²) in [5.41, 5.74) is 0.619. The minimum atomic E-state index is -5.19. The lowest BCUT2D eigenvalue weighted by Gasteiger charge is -2.24. The highest BCUT2D eigenvalue weighted by molar-refractivity contribution is 5.98. The number of aryl methyl sites for hydroxylation is 1. The maximum atomic E-state index is 16.3. The number of benzene rings is 1. The van der Waals surface area contributed by atoms with E-state index in [0.29, 0.717) is 80.3 Å². The Morgan fingerprint density at radius 1 is 0.968 bits per heavy atom. The fraction of sp³-hybridized carbons (Fsp3) is 0.511. The highest BCUT2D eigenvalue weighted by atomic mass is 19.4. The van der Waals surface area contributed by atoms with Gasteiger partial charge in [0.15, 0.2) is 17.3 Å². The number of unbranched alkanes of at least 4 members (excludes halogenated alkanes) is 4. The number of pyridine rings is 2. The number of carboxylic acids is 1. The van der Waals surface area contributed by atoms with Gasteiger partial charge < -0.3 is 43.6 Å². The van der Waals surface area contributed by atoms with Crippen LogP contribution in [0.4, 0.5) is 23.2 Å². The smallest absolute Gasteiger partial charge is 0.430 e. The van der Waals surface area contributed by atoms with Crippen molar-refractivity contribution in [3.63, 3.8) is 0 Å². The molecule has 1 aliphatic carbocycles. The van der Waals surface area contributed by atoms with Crippen molar-refractivity contribution in [2.45, 2.75) is 115 Å². The lowest BCUT2D eigenvalue weighted by molar-refractivity contribution is -0.699. The Bertz CT molecular complexity index is 2320. The fourth-order valence-corrected chi connectivity index (χ4v) is 7.77. The number of hydrogen-bond donors (Lipinski definition) is 1. The van der Waals surface area contributed by atoms with Gasteiger partial charge in [0.1, 0.15) is 36.5 Å². The summed E-state index contributed by atoms with van der Waals surface area (Å²) in [7, 11) is 1.47. The van der Waals surface area contributed by atoms with Gasteiger partial charge in [-0.05, 0) is 64.4 Å². The molecular weight excluding hydrogens is 833 g/mol. The molecule has 3 aromatic rings. The monoisotopic (exact) mass is 882 g/mol. The van der Waals surface area contributed by atoms with Gasteiger partial charge in [0.2, 0.25) is 5.43 Å². The number of methoxy groups -OCH3 is 1. The number of alkyl halides is 3. The standard InChI is InChI=1S/C43H49FN4O8.C2HF3O2/c1-5-7-9-11-15-36(49)54-25-29-21-46-27(3)41(33(29)26-55-37(50)16-12-10-8-6-2)56-43(52)32-23-48(30-17-18-30)38-31(40(32)51)20-34(44)39(42(38)53-4)47-22-28-14-13-19-45-35(28)24-47;3-2(4,5)1(6)7/h1-2,20-21,23,28,30,35,45H,7-19,22,24-26H2,3-4H3;(H,6,7). The molecule has 0 amide bonds. The molecule has 4 heterocycles. The topological polar surface area (TPSA) is 183 Å². The van der Waals surface area contributed by atoms with Crippen LogP contribution in [0.25, 0.3) is 10.9 Å². The molecule has 2 aromatic heterocycles. The molecule has 14 nitrogen and oxygen atoms in total. The highest BCUT2D eigenvalue weighted by Gasteiger charge is 2.40. The largest absolute Gasteiger partial charge is 0.542 e. The second-order valence-electron chi connectivity index (χ2n) is 15.6. The molecule has 2 saturated heterocycles. The van der Waals surface area contributed by atoms with Gasteiger partial charge in [-0.25, -0.2) is 9.18 Å². The molecule has 6 rings (SSSR count). The van der Waals surface area contributed by atoms with E-state index in [1.54, 1.807) is 6.92 Å². The van der Waals surface area contributed by atoms with Gasteiger partial charge in [0.25, 0.3) is 0 Å². The fourth-order valence-electron chi connectivity index (χ4n) is 7.77. The van der Waals surface area contributed by atoms with E-state index in [9.17, 15) is 32.3 Å². The number of hydrogen-bond acceptors (Lipinski definition) is 12. The van der Waals surface area contributed by atoms with Crippen LogP contribution < -0.4 is 30.2 Å². The zero-order valence-electron chi connectivity index (χ0n) is 35.2. The van der Waals surface area contributed by atoms with Gasteiger partial charge in [0, 0.05) is 67.7 Å². The summed E-state index contributed by atoms with van der Waals surface area (Å²) in [6.45, 7) is 3.46. The molecule has 0 bridgehead atoms. The van der Waals surface area contributed by atoms with E-state index in [2.05, 4.69) is 22.1 Å². The number of carbonyl (C=O) groups excluding carboxylic acids is 4. The van der Waals surface area contributed by atoms with Crippen molar-refractivity contribution in [3.8, 4) is 36.2 Å². The molecule has 3 aliphatic rings. The van der Waals surface area contributed by atoms with Gasteiger partial charge in [-0.3, -0.25) is 19.4 Å². The SMILES string of the molecule is C#CCCCCC(=O)OCc1cnc(C)c(OC(=O)c2cn(C3CC3)c3c(OC)c(N4CC5CCC[NH2+]C5C4)c(F)cc3c2=O)c1COC(=O)CCCCC#C.O=C([O-])C(F)(F)F. The van der Waals surface area contributed by atoms with Gasteiger partial charge in [-0.2, -0.15) is 13.2 Å². The van der Waals surface area contributed by atoms with Gasteiger partial charge in [-0.1, -0.05) is 0 Å². The van der Waals surface area contributed by atoms with E-state index in [1.807, 2.05) is 9.47 Å². The van der Waals surface area contributed by atoms with Crippen molar-refractivity contribution in [1.82, 2.24) is 9.55 Å². The average Bonchev–Trinajstić information content (AvgIpc) is 4.01. The molecule has 18 heteroatoms. The minimum absolute atomic E-state index is 0.00405. The molecule has 2 N–H and O–H groups in total. The number of aliphatic carboxylic acids is 1. The summed E-state index contributed by atoms with van der Waals surface area (Å²) in [4.78, 5) is 68.8. The van der Waals surface area contributed by atoms with Crippen molar-refractivity contribution in [2.24, 2.45) is 5.92 Å². The summed E-state index contributed by atoms with van der Waals surface area (Å²) in [6.07, 6.45) is 16.0. The number of rotatable bonds is 17. The normalized spacial score (nSPS) is 16.8. The third-order valence-electron chi connectivity index (χ3n) is 11.1. The van der Waals surface area contributed by atoms with Gasteiger partial charge in [0.05, 0.1) is 36.8 Å². The summed E-state index contributed by atoms with van der Waals surface area (Å²) < 4.78 is 72.6. The lowest BCUT2D eigenvalue weighted by atomic mass is 9.94. The summed E-state index contributed by atoms with van der Waals surface area (Å²) in [5, 5.41) is 11.1.